The first-order chi connectivity index (χ1) is 14.2. The Morgan fingerprint density at radius 1 is 0.828 bits per heavy atom. The van der Waals surface area contributed by atoms with Crippen LogP contribution in [0.25, 0.3) is 0 Å². The van der Waals surface area contributed by atoms with Gasteiger partial charge in [0.2, 0.25) is 0 Å². The number of allylic oxidation sites excluding steroid dienone is 1. The molecule has 0 nitrogen and oxygen atoms in total. The molecule has 164 valence electrons. The zero-order valence-corrected chi connectivity index (χ0v) is 18.6. The van der Waals surface area contributed by atoms with Gasteiger partial charge in [0, 0.05) is 0 Å². The molecule has 2 heteroatoms. The highest BCUT2D eigenvalue weighted by Crippen LogP contribution is 2.37. The lowest BCUT2D eigenvalue weighted by molar-refractivity contribution is 0.301. The van der Waals surface area contributed by atoms with Gasteiger partial charge in [-0.2, -0.15) is 8.78 Å². The van der Waals surface area contributed by atoms with Gasteiger partial charge in [0.1, 0.15) is 0 Å². The van der Waals surface area contributed by atoms with Crippen molar-refractivity contribution in [2.75, 3.05) is 0 Å². The highest BCUT2D eigenvalue weighted by molar-refractivity contribution is 5.26. The summed E-state index contributed by atoms with van der Waals surface area (Å²) in [5, 5.41) is 0. The molecule has 0 amide bonds. The molecule has 2 rings (SSSR count). The van der Waals surface area contributed by atoms with Crippen molar-refractivity contribution in [3.8, 4) is 0 Å². The van der Waals surface area contributed by atoms with Crippen molar-refractivity contribution in [3.63, 3.8) is 0 Å². The van der Waals surface area contributed by atoms with Gasteiger partial charge in [-0.1, -0.05) is 95.4 Å². The van der Waals surface area contributed by atoms with E-state index in [1.807, 2.05) is 0 Å². The van der Waals surface area contributed by atoms with Crippen molar-refractivity contribution in [1.29, 1.82) is 0 Å². The number of unbranched alkanes of at least 4 members (excludes halogenated alkanes) is 8. The van der Waals surface area contributed by atoms with Crippen LogP contribution in [0.3, 0.4) is 0 Å². The van der Waals surface area contributed by atoms with Gasteiger partial charge in [0.25, 0.3) is 6.08 Å². The van der Waals surface area contributed by atoms with Crippen LogP contribution in [0, 0.1) is 5.92 Å². The van der Waals surface area contributed by atoms with E-state index in [9.17, 15) is 8.78 Å². The van der Waals surface area contributed by atoms with E-state index in [-0.39, 0.29) is 0 Å². The molecule has 0 atom stereocenters. The van der Waals surface area contributed by atoms with Crippen molar-refractivity contribution in [2.24, 2.45) is 5.92 Å². The standard InChI is InChI=1S/C27H42F2/c1-2-3-4-5-6-7-8-9-10-12-23-15-19-25(20-16-23)26-21-17-24(18-22-26)13-11-14-27(28)29/h14,17-18,21-23,25H,2-13,15-16,19-20H2,1H3. The van der Waals surface area contributed by atoms with Crippen molar-refractivity contribution >= 4 is 0 Å². The first kappa shape index (κ1) is 24.1. The van der Waals surface area contributed by atoms with E-state index < -0.39 is 6.08 Å². The Morgan fingerprint density at radius 2 is 1.41 bits per heavy atom. The Bertz CT molecular complexity index is 548. The molecule has 1 fully saturated rings. The van der Waals surface area contributed by atoms with Crippen molar-refractivity contribution in [2.45, 2.75) is 116 Å². The Balaban J connectivity index is 1.55. The largest absolute Gasteiger partial charge is 0.266 e. The Labute approximate surface area is 178 Å². The van der Waals surface area contributed by atoms with E-state index >= 15 is 0 Å². The van der Waals surface area contributed by atoms with Gasteiger partial charge >= 0.3 is 0 Å². The van der Waals surface area contributed by atoms with Crippen LogP contribution in [-0.4, -0.2) is 0 Å². The summed E-state index contributed by atoms with van der Waals surface area (Å²) in [6.45, 7) is 2.28. The van der Waals surface area contributed by atoms with Gasteiger partial charge in [0.15, 0.2) is 0 Å². The van der Waals surface area contributed by atoms with Gasteiger partial charge in [-0.3, -0.25) is 0 Å². The summed E-state index contributed by atoms with van der Waals surface area (Å²) in [6, 6.07) is 8.73. The zero-order chi connectivity index (χ0) is 20.7. The molecule has 1 aromatic carbocycles. The van der Waals surface area contributed by atoms with Gasteiger partial charge in [-0.15, -0.1) is 0 Å². The maximum Gasteiger partial charge on any atom is 0.266 e. The van der Waals surface area contributed by atoms with Gasteiger partial charge in [-0.25, -0.2) is 0 Å². The van der Waals surface area contributed by atoms with Crippen LogP contribution >= 0.6 is 0 Å². The van der Waals surface area contributed by atoms with E-state index in [1.54, 1.807) is 0 Å². The topological polar surface area (TPSA) is 0 Å². The quantitative estimate of drug-likeness (QED) is 0.271. The molecule has 0 N–H and O–H groups in total. The number of aryl methyl sites for hydroxylation is 1. The van der Waals surface area contributed by atoms with Crippen molar-refractivity contribution in [3.05, 3.63) is 47.5 Å². The van der Waals surface area contributed by atoms with E-state index in [1.165, 1.54) is 95.5 Å². The summed E-state index contributed by atoms with van der Waals surface area (Å²) in [7, 11) is 0. The second-order valence-electron chi connectivity index (χ2n) is 9.11. The molecular formula is C27H42F2. The third-order valence-corrected chi connectivity index (χ3v) is 6.75. The fourth-order valence-electron chi connectivity index (χ4n) is 4.83. The van der Waals surface area contributed by atoms with Crippen LogP contribution in [0.4, 0.5) is 8.78 Å². The first-order valence-corrected chi connectivity index (χ1v) is 12.3. The molecule has 29 heavy (non-hydrogen) atoms. The smallest absolute Gasteiger partial charge is 0.174 e. The second kappa shape index (κ2) is 14.7. The van der Waals surface area contributed by atoms with E-state index in [0.29, 0.717) is 18.8 Å². The fraction of sp³-hybridized carbons (Fsp3) is 0.704. The molecule has 1 aliphatic carbocycles. The molecule has 0 radical (unpaired) electrons. The molecule has 1 aromatic rings. The number of halogens is 2. The number of rotatable bonds is 14. The minimum absolute atomic E-state index is 0.422. The van der Waals surface area contributed by atoms with Gasteiger partial charge < -0.3 is 0 Å². The Hall–Kier alpha value is -1.18. The van der Waals surface area contributed by atoms with Crippen molar-refractivity contribution in [1.82, 2.24) is 0 Å². The molecule has 1 aliphatic rings. The fourth-order valence-corrected chi connectivity index (χ4v) is 4.83. The van der Waals surface area contributed by atoms with Crippen LogP contribution in [0.1, 0.15) is 120 Å². The minimum Gasteiger partial charge on any atom is -0.174 e. The number of hydrogen-bond donors (Lipinski definition) is 0. The molecule has 0 heterocycles. The minimum atomic E-state index is -1.57. The maximum atomic E-state index is 12.1. The molecule has 0 bridgehead atoms. The second-order valence-corrected chi connectivity index (χ2v) is 9.11. The number of hydrogen-bond acceptors (Lipinski definition) is 0. The maximum absolute atomic E-state index is 12.1. The summed E-state index contributed by atoms with van der Waals surface area (Å²) in [6.07, 6.45) is 20.2. The summed E-state index contributed by atoms with van der Waals surface area (Å²) in [4.78, 5) is 0. The van der Waals surface area contributed by atoms with E-state index in [2.05, 4.69) is 31.2 Å². The molecule has 0 aliphatic heterocycles. The van der Waals surface area contributed by atoms with Crippen LogP contribution < -0.4 is 0 Å². The van der Waals surface area contributed by atoms with E-state index in [4.69, 9.17) is 0 Å². The SMILES string of the molecule is CCCCCCCCCCCC1CCC(c2ccc(CCC=C(F)F)cc2)CC1. The molecule has 0 saturated heterocycles. The summed E-state index contributed by atoms with van der Waals surface area (Å²) >= 11 is 0. The lowest BCUT2D eigenvalue weighted by Crippen LogP contribution is -2.13. The molecule has 1 saturated carbocycles. The molecular weight excluding hydrogens is 362 g/mol. The average Bonchev–Trinajstić information content (AvgIpc) is 2.73. The van der Waals surface area contributed by atoms with Crippen LogP contribution in [0.2, 0.25) is 0 Å². The number of benzene rings is 1. The third-order valence-electron chi connectivity index (χ3n) is 6.75. The average molecular weight is 405 g/mol. The lowest BCUT2D eigenvalue weighted by Gasteiger charge is -2.29. The van der Waals surface area contributed by atoms with E-state index in [0.717, 1.165) is 17.6 Å². The summed E-state index contributed by atoms with van der Waals surface area (Å²) in [5.74, 6) is 1.64. The van der Waals surface area contributed by atoms with Crippen LogP contribution in [-0.2, 0) is 6.42 Å². The predicted octanol–water partition coefficient (Wildman–Crippen LogP) is 9.59. The molecule has 0 aromatic heterocycles. The van der Waals surface area contributed by atoms with Crippen molar-refractivity contribution < 1.29 is 8.78 Å². The highest BCUT2D eigenvalue weighted by atomic mass is 19.3. The first-order valence-electron chi connectivity index (χ1n) is 12.3. The Kier molecular flexibility index (Phi) is 12.3. The molecule has 0 spiro atoms. The normalized spacial score (nSPS) is 19.3. The van der Waals surface area contributed by atoms with Gasteiger partial charge in [-0.05, 0) is 67.6 Å². The predicted molar refractivity (Wildman–Crippen MR) is 122 cm³/mol. The zero-order valence-electron chi connectivity index (χ0n) is 18.6. The highest BCUT2D eigenvalue weighted by Gasteiger charge is 2.21. The monoisotopic (exact) mass is 404 g/mol. The van der Waals surface area contributed by atoms with Crippen LogP contribution in [0.15, 0.2) is 36.4 Å². The summed E-state index contributed by atoms with van der Waals surface area (Å²) < 4.78 is 24.2. The van der Waals surface area contributed by atoms with Crippen LogP contribution in [0.5, 0.6) is 0 Å². The Morgan fingerprint density at radius 3 is 2.00 bits per heavy atom. The lowest BCUT2D eigenvalue weighted by atomic mass is 9.77. The molecule has 0 unspecified atom stereocenters. The van der Waals surface area contributed by atoms with Gasteiger partial charge in [0.05, 0.1) is 0 Å². The third kappa shape index (κ3) is 10.4. The summed E-state index contributed by atoms with van der Waals surface area (Å²) in [5.41, 5.74) is 2.60.